The Kier molecular flexibility index (Phi) is 18.2. The number of nitrogens with one attached hydrogen (secondary N) is 4. The third-order valence-corrected chi connectivity index (χ3v) is 15.8. The van der Waals surface area contributed by atoms with Crippen molar-refractivity contribution < 1.29 is 38.9 Å². The second kappa shape index (κ2) is 24.9. The molecule has 6 N–H and O–H groups in total. The number of fused-ring (bicyclic) bond motifs is 2. The number of thiazole rings is 1. The van der Waals surface area contributed by atoms with E-state index in [1.54, 1.807) is 23.5 Å². The number of imidazole rings is 1. The highest BCUT2D eigenvalue weighted by Gasteiger charge is 2.44. The Morgan fingerprint density at radius 2 is 1.64 bits per heavy atom. The molecule has 0 unspecified atom stereocenters. The fourth-order valence-corrected chi connectivity index (χ4v) is 11.2. The molecule has 1 fully saturated rings. The van der Waals surface area contributed by atoms with Gasteiger partial charge in [0.2, 0.25) is 23.6 Å². The number of unbranched alkanes of at least 4 members (excludes halogenated alkanes) is 4. The van der Waals surface area contributed by atoms with Crippen LogP contribution in [0.5, 0.6) is 5.75 Å². The summed E-state index contributed by atoms with van der Waals surface area (Å²) in [4.78, 5) is 78.8. The number of aliphatic hydroxyl groups excluding tert-OH is 2. The number of hydrogen-bond donors (Lipinski definition) is 6. The average Bonchev–Trinajstić information content (AvgIpc) is 4.25. The molecule has 5 aromatic rings. The van der Waals surface area contributed by atoms with Crippen LogP contribution in [0.15, 0.2) is 66.3 Å². The van der Waals surface area contributed by atoms with Crippen LogP contribution in [0.2, 0.25) is 0 Å². The third-order valence-electron chi connectivity index (χ3n) is 14.8. The summed E-state index contributed by atoms with van der Waals surface area (Å²) in [6.45, 7) is 11.2. The fraction of sp³-hybridized carbons (Fsp3) is 0.500. The average molecular weight is 1040 g/mol. The van der Waals surface area contributed by atoms with Gasteiger partial charge in [-0.15, -0.1) is 11.3 Å². The SMILES string of the molecule is Cc1ncsc1-c1ccc(CNC(=O)[C@@H]2C[C@@H](O)CN2C(=O)[C@@H](NC(=O)CCCCCCCC(=O)NCCCOc2cc(C(=O)N[C@@H]3CCc4ccc(-c5cn6c(n5)CCC6)cc43)cc(CO)c2C)C(C)(C)C)cc1. The number of aryl methyl sites for hydroxylation is 4. The van der Waals surface area contributed by atoms with Crippen molar-refractivity contribution in [3.05, 3.63) is 111 Å². The van der Waals surface area contributed by atoms with E-state index in [2.05, 4.69) is 55.2 Å². The number of likely N-dealkylation sites (tertiary alicyclic amines) is 1. The Morgan fingerprint density at radius 3 is 2.36 bits per heavy atom. The molecular weight excluding hydrogens is 969 g/mol. The predicted molar refractivity (Wildman–Crippen MR) is 289 cm³/mol. The van der Waals surface area contributed by atoms with Crippen molar-refractivity contribution in [2.45, 2.75) is 162 Å². The molecule has 2 aromatic heterocycles. The first-order chi connectivity index (χ1) is 36.1. The molecule has 0 saturated carbocycles. The minimum Gasteiger partial charge on any atom is -0.493 e. The van der Waals surface area contributed by atoms with E-state index in [-0.39, 0.29) is 62.2 Å². The minimum absolute atomic E-state index is 0.00695. The van der Waals surface area contributed by atoms with Gasteiger partial charge in [-0.25, -0.2) is 9.97 Å². The summed E-state index contributed by atoms with van der Waals surface area (Å²) in [5.41, 5.74) is 10.2. The molecule has 16 nitrogen and oxygen atoms in total. The Bertz CT molecular complexity index is 2810. The van der Waals surface area contributed by atoms with Gasteiger partial charge in [0.25, 0.3) is 5.91 Å². The molecule has 4 heterocycles. The molecule has 5 amide bonds. The standard InChI is InChI=1S/C58H74N8O8S/c1-36-43(34-67)27-42(55(71)63-46-23-22-39-20-21-41(28-45(39)46)47-33-65-25-11-13-50(65)62-47)29-49(36)74-26-12-24-59-51(69)14-9-7-6-8-10-15-52(70)64-54(58(3,4)5)57(73)66-32-44(68)30-48(66)56(72)60-31-38-16-18-40(19-17-38)53-37(2)61-35-75-53/h16-21,27-29,33,35,44,46,48,54,67-68H,6-15,22-26,30-32,34H2,1-5H3,(H,59,69)(H,60,72)(H,63,71)(H,64,70)/t44-,46-,48+,54-/m1/s1. The molecule has 1 aliphatic carbocycles. The Labute approximate surface area is 444 Å². The third kappa shape index (κ3) is 13.9. The zero-order valence-corrected chi connectivity index (χ0v) is 45.0. The maximum Gasteiger partial charge on any atom is 0.251 e. The van der Waals surface area contributed by atoms with Crippen molar-refractivity contribution in [2.75, 3.05) is 19.7 Å². The maximum absolute atomic E-state index is 14.0. The van der Waals surface area contributed by atoms with Crippen LogP contribution >= 0.6 is 11.3 Å². The molecular formula is C58H74N8O8S. The number of carbonyl (C=O) groups excluding carboxylic acids is 5. The molecule has 17 heteroatoms. The number of amides is 5. The number of β-amino-alcohol motifs (C(OH)–C–C–N with tert-alkyl or cyclic N) is 1. The zero-order valence-electron chi connectivity index (χ0n) is 44.1. The molecule has 75 heavy (non-hydrogen) atoms. The first-order valence-electron chi connectivity index (χ1n) is 26.7. The second-order valence-corrected chi connectivity index (χ2v) is 22.4. The van der Waals surface area contributed by atoms with Crippen molar-refractivity contribution in [3.8, 4) is 27.4 Å². The number of ether oxygens (including phenoxy) is 1. The van der Waals surface area contributed by atoms with Gasteiger partial charge in [-0.05, 0) is 109 Å². The van der Waals surface area contributed by atoms with Crippen LogP contribution in [-0.4, -0.2) is 97.1 Å². The van der Waals surface area contributed by atoms with Crippen molar-refractivity contribution in [3.63, 3.8) is 0 Å². The molecule has 0 bridgehead atoms. The lowest BCUT2D eigenvalue weighted by molar-refractivity contribution is -0.144. The zero-order chi connectivity index (χ0) is 53.2. The second-order valence-electron chi connectivity index (χ2n) is 21.5. The minimum atomic E-state index is -0.892. The molecule has 3 aromatic carbocycles. The van der Waals surface area contributed by atoms with Crippen LogP contribution in [0.25, 0.3) is 21.7 Å². The smallest absolute Gasteiger partial charge is 0.251 e. The maximum atomic E-state index is 14.0. The number of aromatic nitrogens is 3. The van der Waals surface area contributed by atoms with Gasteiger partial charge in [-0.2, -0.15) is 0 Å². The Balaban J connectivity index is 0.705. The lowest BCUT2D eigenvalue weighted by Gasteiger charge is -2.35. The monoisotopic (exact) mass is 1040 g/mol. The predicted octanol–water partition coefficient (Wildman–Crippen LogP) is 7.57. The number of carbonyl (C=O) groups is 5. The number of hydrogen-bond acceptors (Lipinski definition) is 11. The van der Waals surface area contributed by atoms with E-state index in [0.29, 0.717) is 55.7 Å². The lowest BCUT2D eigenvalue weighted by Crippen LogP contribution is -2.57. The summed E-state index contributed by atoms with van der Waals surface area (Å²) in [5, 5.41) is 32.9. The van der Waals surface area contributed by atoms with Gasteiger partial charge >= 0.3 is 0 Å². The first kappa shape index (κ1) is 54.8. The van der Waals surface area contributed by atoms with E-state index in [1.165, 1.54) is 10.5 Å². The molecule has 0 spiro atoms. The normalized spacial score (nSPS) is 17.3. The van der Waals surface area contributed by atoms with Crippen molar-refractivity contribution >= 4 is 40.9 Å². The number of rotatable bonds is 23. The van der Waals surface area contributed by atoms with E-state index >= 15 is 0 Å². The van der Waals surface area contributed by atoms with Gasteiger partial charge in [0, 0.05) is 69.2 Å². The van der Waals surface area contributed by atoms with E-state index in [9.17, 15) is 34.2 Å². The van der Waals surface area contributed by atoms with E-state index in [4.69, 9.17) is 9.72 Å². The van der Waals surface area contributed by atoms with Gasteiger partial charge in [0.15, 0.2) is 0 Å². The number of benzene rings is 3. The van der Waals surface area contributed by atoms with Gasteiger partial charge < -0.3 is 45.7 Å². The van der Waals surface area contributed by atoms with E-state index in [1.807, 2.05) is 64.4 Å². The fourth-order valence-electron chi connectivity index (χ4n) is 10.4. The lowest BCUT2D eigenvalue weighted by atomic mass is 9.85. The summed E-state index contributed by atoms with van der Waals surface area (Å²) in [6.07, 6.45) is 10.2. The quantitative estimate of drug-likeness (QED) is 0.0353. The van der Waals surface area contributed by atoms with Crippen LogP contribution in [0, 0.1) is 19.3 Å². The highest BCUT2D eigenvalue weighted by Crippen LogP contribution is 2.36. The van der Waals surface area contributed by atoms with Crippen molar-refractivity contribution in [1.29, 1.82) is 0 Å². The largest absolute Gasteiger partial charge is 0.493 e. The van der Waals surface area contributed by atoms with Crippen LogP contribution in [0.1, 0.15) is 147 Å². The van der Waals surface area contributed by atoms with Crippen molar-refractivity contribution in [1.82, 2.24) is 40.7 Å². The van der Waals surface area contributed by atoms with Crippen LogP contribution < -0.4 is 26.0 Å². The van der Waals surface area contributed by atoms with Crippen LogP contribution in [0.4, 0.5) is 0 Å². The summed E-state index contributed by atoms with van der Waals surface area (Å²) in [7, 11) is 0. The van der Waals surface area contributed by atoms with Gasteiger partial charge in [0.05, 0.1) is 47.1 Å². The van der Waals surface area contributed by atoms with Crippen LogP contribution in [0.3, 0.4) is 0 Å². The Morgan fingerprint density at radius 1 is 0.893 bits per heavy atom. The van der Waals surface area contributed by atoms with E-state index in [0.717, 1.165) is 101 Å². The molecule has 8 rings (SSSR count). The van der Waals surface area contributed by atoms with Crippen LogP contribution in [-0.2, 0) is 51.7 Å². The number of nitrogens with zero attached hydrogens (tertiary/aromatic N) is 4. The highest BCUT2D eigenvalue weighted by molar-refractivity contribution is 7.13. The summed E-state index contributed by atoms with van der Waals surface area (Å²) in [5.74, 6) is 0.375. The Hall–Kier alpha value is -6.43. The molecule has 1 saturated heterocycles. The van der Waals surface area contributed by atoms with Gasteiger partial charge in [0.1, 0.15) is 23.7 Å². The van der Waals surface area contributed by atoms with E-state index < -0.39 is 29.5 Å². The summed E-state index contributed by atoms with van der Waals surface area (Å²) in [6, 6.07) is 15.9. The highest BCUT2D eigenvalue weighted by atomic mass is 32.1. The molecule has 2 aliphatic heterocycles. The summed E-state index contributed by atoms with van der Waals surface area (Å²) < 4.78 is 8.35. The molecule has 0 radical (unpaired) electrons. The van der Waals surface area contributed by atoms with Gasteiger partial charge in [-0.3, -0.25) is 24.0 Å². The van der Waals surface area contributed by atoms with Gasteiger partial charge in [-0.1, -0.05) is 76.4 Å². The molecule has 400 valence electrons. The first-order valence-corrected chi connectivity index (χ1v) is 27.6. The molecule has 4 atom stereocenters. The van der Waals surface area contributed by atoms with Crippen molar-refractivity contribution in [2.24, 2.45) is 5.41 Å². The number of aliphatic hydroxyl groups is 2. The topological polar surface area (TPSA) is 217 Å². The summed E-state index contributed by atoms with van der Waals surface area (Å²) >= 11 is 1.58. The molecule has 3 aliphatic rings.